The molecule has 0 aliphatic carbocycles. The Morgan fingerprint density at radius 1 is 0.973 bits per heavy atom. The van der Waals surface area contributed by atoms with Crippen LogP contribution in [0.15, 0.2) is 83.8 Å². The van der Waals surface area contributed by atoms with E-state index >= 15 is 0 Å². The van der Waals surface area contributed by atoms with Gasteiger partial charge in [-0.05, 0) is 61.7 Å². The normalized spacial score (nSPS) is 12.0. The fraction of sp³-hybridized carbons (Fsp3) is 0.286. The predicted molar refractivity (Wildman–Crippen MR) is 147 cm³/mol. The molecule has 9 heteroatoms. The number of anilines is 1. The van der Waals surface area contributed by atoms with Gasteiger partial charge in [0.05, 0.1) is 10.6 Å². The molecule has 0 saturated carbocycles. The lowest BCUT2D eigenvalue weighted by atomic mass is 10.1. The zero-order valence-corrected chi connectivity index (χ0v) is 22.8. The molecule has 2 amide bonds. The molecule has 1 N–H and O–H groups in total. The largest absolute Gasteiger partial charge is 0.354 e. The highest BCUT2D eigenvalue weighted by Gasteiger charge is 2.32. The Hall–Kier alpha value is -3.36. The summed E-state index contributed by atoms with van der Waals surface area (Å²) in [6.45, 7) is 5.45. The average Bonchev–Trinajstić information content (AvgIpc) is 2.89. The van der Waals surface area contributed by atoms with Crippen LogP contribution >= 0.6 is 11.6 Å². The molecule has 3 aromatic rings. The number of para-hydroxylation sites is 1. The Bertz CT molecular complexity index is 1330. The highest BCUT2D eigenvalue weighted by molar-refractivity contribution is 7.92. The van der Waals surface area contributed by atoms with Gasteiger partial charge in [-0.3, -0.25) is 13.9 Å². The first kappa shape index (κ1) is 28.2. The van der Waals surface area contributed by atoms with E-state index in [1.807, 2.05) is 13.0 Å². The molecule has 0 aliphatic heterocycles. The van der Waals surface area contributed by atoms with E-state index in [-0.39, 0.29) is 17.3 Å². The van der Waals surface area contributed by atoms with Crippen LogP contribution < -0.4 is 9.62 Å². The van der Waals surface area contributed by atoms with Gasteiger partial charge in [0.15, 0.2) is 0 Å². The van der Waals surface area contributed by atoms with Crippen molar-refractivity contribution in [1.29, 1.82) is 0 Å². The number of nitrogens with zero attached hydrogens (tertiary/aromatic N) is 2. The molecule has 0 heterocycles. The van der Waals surface area contributed by atoms with Gasteiger partial charge in [0, 0.05) is 18.1 Å². The number of rotatable bonds is 11. The topological polar surface area (TPSA) is 86.8 Å². The molecular weight excluding hydrogens is 510 g/mol. The minimum absolute atomic E-state index is 0.0705. The molecule has 7 nitrogen and oxygen atoms in total. The van der Waals surface area contributed by atoms with Gasteiger partial charge in [-0.2, -0.15) is 0 Å². The van der Waals surface area contributed by atoms with Gasteiger partial charge in [0.1, 0.15) is 12.6 Å². The minimum Gasteiger partial charge on any atom is -0.354 e. The van der Waals surface area contributed by atoms with Crippen molar-refractivity contribution in [3.8, 4) is 0 Å². The van der Waals surface area contributed by atoms with Gasteiger partial charge < -0.3 is 10.2 Å². The van der Waals surface area contributed by atoms with Gasteiger partial charge >= 0.3 is 0 Å². The quantitative estimate of drug-likeness (QED) is 0.378. The van der Waals surface area contributed by atoms with Crippen molar-refractivity contribution in [2.45, 2.75) is 44.7 Å². The highest BCUT2D eigenvalue weighted by atomic mass is 35.5. The number of hydrogen-bond acceptors (Lipinski definition) is 4. The van der Waals surface area contributed by atoms with Crippen LogP contribution in [0.1, 0.15) is 31.4 Å². The molecule has 1 atom stereocenters. The highest BCUT2D eigenvalue weighted by Crippen LogP contribution is 2.27. The number of amides is 2. The smallest absolute Gasteiger partial charge is 0.264 e. The Kier molecular flexibility index (Phi) is 9.72. The number of benzene rings is 3. The Morgan fingerprint density at radius 3 is 2.30 bits per heavy atom. The van der Waals surface area contributed by atoms with E-state index in [1.165, 1.54) is 17.0 Å². The predicted octanol–water partition coefficient (Wildman–Crippen LogP) is 4.79. The van der Waals surface area contributed by atoms with Crippen molar-refractivity contribution in [1.82, 2.24) is 10.2 Å². The van der Waals surface area contributed by atoms with E-state index in [4.69, 9.17) is 11.6 Å². The van der Waals surface area contributed by atoms with Gasteiger partial charge in [0.25, 0.3) is 10.0 Å². The first-order valence-corrected chi connectivity index (χ1v) is 13.9. The molecule has 0 radical (unpaired) electrons. The number of nitrogens with one attached hydrogen (secondary N) is 1. The molecule has 0 fully saturated rings. The molecule has 0 unspecified atom stereocenters. The second-order valence-electron chi connectivity index (χ2n) is 8.73. The van der Waals surface area contributed by atoms with E-state index in [1.54, 1.807) is 74.5 Å². The maximum atomic E-state index is 13.8. The monoisotopic (exact) mass is 541 g/mol. The number of carbonyl (C=O) groups excluding carboxylic acids is 2. The molecule has 0 aliphatic rings. The van der Waals surface area contributed by atoms with Crippen LogP contribution in [-0.4, -0.2) is 44.3 Å². The molecule has 196 valence electrons. The molecule has 0 saturated heterocycles. The number of carbonyl (C=O) groups is 2. The summed E-state index contributed by atoms with van der Waals surface area (Å²) in [4.78, 5) is 28.2. The van der Waals surface area contributed by atoms with Crippen LogP contribution in [0.25, 0.3) is 0 Å². The van der Waals surface area contributed by atoms with Crippen molar-refractivity contribution in [3.05, 3.63) is 95.0 Å². The fourth-order valence-corrected chi connectivity index (χ4v) is 5.60. The summed E-state index contributed by atoms with van der Waals surface area (Å²) in [5.41, 5.74) is 1.82. The van der Waals surface area contributed by atoms with Gasteiger partial charge in [-0.15, -0.1) is 0 Å². The maximum Gasteiger partial charge on any atom is 0.264 e. The molecule has 0 spiro atoms. The Balaban J connectivity index is 2.02. The number of hydrogen-bond donors (Lipinski definition) is 1. The summed E-state index contributed by atoms with van der Waals surface area (Å²) < 4.78 is 28.6. The third-order valence-corrected chi connectivity index (χ3v) is 7.96. The summed E-state index contributed by atoms with van der Waals surface area (Å²) >= 11 is 6.16. The van der Waals surface area contributed by atoms with Crippen LogP contribution in [0.3, 0.4) is 0 Å². The van der Waals surface area contributed by atoms with Gasteiger partial charge in [-0.25, -0.2) is 8.42 Å². The van der Waals surface area contributed by atoms with E-state index < -0.39 is 28.5 Å². The molecular formula is C28H32ClN3O4S. The van der Waals surface area contributed by atoms with Crippen LogP contribution in [0.4, 0.5) is 5.69 Å². The van der Waals surface area contributed by atoms with Crippen LogP contribution in [-0.2, 0) is 26.2 Å². The molecule has 0 bridgehead atoms. The van der Waals surface area contributed by atoms with E-state index in [9.17, 15) is 18.0 Å². The fourth-order valence-electron chi connectivity index (χ4n) is 3.89. The van der Waals surface area contributed by atoms with Crippen molar-refractivity contribution in [2.75, 3.05) is 17.4 Å². The van der Waals surface area contributed by atoms with Crippen molar-refractivity contribution >= 4 is 39.1 Å². The second-order valence-corrected chi connectivity index (χ2v) is 11.0. The maximum absolute atomic E-state index is 13.8. The zero-order valence-electron chi connectivity index (χ0n) is 21.2. The standard InChI is InChI=1S/C28H32ClN3O4S/c1-4-17-30-28(34)22(3)31(19-23-12-10-13-24(29)18-23)27(33)20-32(26-16-9-8-11-21(26)2)37(35,36)25-14-6-5-7-15-25/h5-16,18,22H,4,17,19-20H2,1-3H3,(H,30,34)/t22-/m0/s1. The summed E-state index contributed by atoms with van der Waals surface area (Å²) in [6.07, 6.45) is 0.747. The second kappa shape index (κ2) is 12.7. The Morgan fingerprint density at radius 2 is 1.65 bits per heavy atom. The van der Waals surface area contributed by atoms with E-state index in [0.29, 0.717) is 22.8 Å². The average molecular weight is 542 g/mol. The molecule has 3 rings (SSSR count). The summed E-state index contributed by atoms with van der Waals surface area (Å²) in [6, 6.07) is 21.2. The first-order chi connectivity index (χ1) is 17.6. The van der Waals surface area contributed by atoms with Crippen molar-refractivity contribution in [3.63, 3.8) is 0 Å². The Labute approximate surface area is 224 Å². The minimum atomic E-state index is -4.08. The lowest BCUT2D eigenvalue weighted by molar-refractivity contribution is -0.139. The van der Waals surface area contributed by atoms with Gasteiger partial charge in [-0.1, -0.05) is 67.1 Å². The van der Waals surface area contributed by atoms with Gasteiger partial charge in [0.2, 0.25) is 11.8 Å². The van der Waals surface area contributed by atoms with Crippen LogP contribution in [0, 0.1) is 6.92 Å². The van der Waals surface area contributed by atoms with Crippen molar-refractivity contribution in [2.24, 2.45) is 0 Å². The third-order valence-electron chi connectivity index (χ3n) is 5.95. The SMILES string of the molecule is CCCNC(=O)[C@H](C)N(Cc1cccc(Cl)c1)C(=O)CN(c1ccccc1C)S(=O)(=O)c1ccccc1. The van der Waals surface area contributed by atoms with E-state index in [2.05, 4.69) is 5.32 Å². The van der Waals surface area contributed by atoms with Crippen molar-refractivity contribution < 1.29 is 18.0 Å². The number of sulfonamides is 1. The van der Waals surface area contributed by atoms with E-state index in [0.717, 1.165) is 16.3 Å². The summed E-state index contributed by atoms with van der Waals surface area (Å²) in [7, 11) is -4.08. The molecule has 37 heavy (non-hydrogen) atoms. The zero-order chi connectivity index (χ0) is 27.0. The van der Waals surface area contributed by atoms with Crippen LogP contribution in [0.2, 0.25) is 5.02 Å². The number of aryl methyl sites for hydroxylation is 1. The number of halogens is 1. The summed E-state index contributed by atoms with van der Waals surface area (Å²) in [5.74, 6) is -0.826. The summed E-state index contributed by atoms with van der Waals surface area (Å²) in [5, 5.41) is 3.33. The lowest BCUT2D eigenvalue weighted by Crippen LogP contribution is -2.51. The molecule has 3 aromatic carbocycles. The molecule has 0 aromatic heterocycles. The lowest BCUT2D eigenvalue weighted by Gasteiger charge is -2.32. The third kappa shape index (κ3) is 7.11. The first-order valence-electron chi connectivity index (χ1n) is 12.1. The van der Waals surface area contributed by atoms with Crippen LogP contribution in [0.5, 0.6) is 0 Å².